The van der Waals surface area contributed by atoms with E-state index in [1.165, 1.54) is 0 Å². The second kappa shape index (κ2) is 9.01. The molecule has 6 nitrogen and oxygen atoms in total. The molecule has 0 aromatic heterocycles. The van der Waals surface area contributed by atoms with Crippen molar-refractivity contribution in [1.29, 1.82) is 0 Å². The van der Waals surface area contributed by atoms with Gasteiger partial charge in [0.15, 0.2) is 0 Å². The highest BCUT2D eigenvalue weighted by Crippen LogP contribution is 2.20. The number of carbonyl (C=O) groups excluding carboxylic acids is 1. The molecule has 144 valence electrons. The van der Waals surface area contributed by atoms with Crippen LogP contribution in [0.15, 0.2) is 59.5 Å². The van der Waals surface area contributed by atoms with Crippen LogP contribution in [0.5, 0.6) is 0 Å². The maximum absolute atomic E-state index is 12.6. The molecule has 1 heterocycles. The predicted molar refractivity (Wildman–Crippen MR) is 106 cm³/mol. The van der Waals surface area contributed by atoms with Crippen LogP contribution in [-0.4, -0.2) is 38.3 Å². The molecule has 1 aliphatic rings. The summed E-state index contributed by atoms with van der Waals surface area (Å²) in [6.45, 7) is 1.73. The van der Waals surface area contributed by atoms with Crippen LogP contribution in [-0.2, 0) is 21.4 Å². The zero-order valence-corrected chi connectivity index (χ0v) is 16.0. The van der Waals surface area contributed by atoms with E-state index < -0.39 is 10.0 Å². The summed E-state index contributed by atoms with van der Waals surface area (Å²) in [7, 11) is -3.41. The average molecular weight is 388 g/mol. The fourth-order valence-electron chi connectivity index (χ4n) is 3.04. The Morgan fingerprint density at radius 2 is 1.59 bits per heavy atom. The van der Waals surface area contributed by atoms with Gasteiger partial charge in [-0.3, -0.25) is 4.79 Å². The van der Waals surface area contributed by atoms with Gasteiger partial charge in [0.1, 0.15) is 0 Å². The highest BCUT2D eigenvalue weighted by atomic mass is 32.2. The van der Waals surface area contributed by atoms with Gasteiger partial charge in [-0.1, -0.05) is 36.8 Å². The van der Waals surface area contributed by atoms with E-state index in [1.807, 2.05) is 30.3 Å². The van der Waals surface area contributed by atoms with Crippen molar-refractivity contribution < 1.29 is 13.2 Å². The van der Waals surface area contributed by atoms with Crippen LogP contribution in [0.4, 0.5) is 5.69 Å². The lowest BCUT2D eigenvalue weighted by Crippen LogP contribution is -2.35. The molecular weight excluding hydrogens is 362 g/mol. The van der Waals surface area contributed by atoms with Crippen molar-refractivity contribution in [3.05, 3.63) is 60.2 Å². The van der Waals surface area contributed by atoms with Crippen molar-refractivity contribution in [3.8, 4) is 0 Å². The molecule has 2 N–H and O–H groups in total. The number of hydrogen-bond acceptors (Lipinski definition) is 4. The van der Waals surface area contributed by atoms with Gasteiger partial charge < -0.3 is 10.6 Å². The highest BCUT2D eigenvalue weighted by molar-refractivity contribution is 7.89. The third-order valence-electron chi connectivity index (χ3n) is 4.59. The third kappa shape index (κ3) is 5.30. The molecule has 2 aromatic carbocycles. The van der Waals surface area contributed by atoms with E-state index in [1.54, 1.807) is 28.6 Å². The zero-order valence-electron chi connectivity index (χ0n) is 15.2. The maximum atomic E-state index is 12.6. The van der Waals surface area contributed by atoms with Crippen LogP contribution in [0.3, 0.4) is 0 Å². The summed E-state index contributed by atoms with van der Waals surface area (Å²) < 4.78 is 26.8. The molecule has 1 saturated heterocycles. The van der Waals surface area contributed by atoms with E-state index >= 15 is 0 Å². The second-order valence-corrected chi connectivity index (χ2v) is 8.54. The minimum Gasteiger partial charge on any atom is -0.376 e. The van der Waals surface area contributed by atoms with Crippen molar-refractivity contribution in [2.45, 2.75) is 30.7 Å². The van der Waals surface area contributed by atoms with Crippen molar-refractivity contribution in [2.75, 3.05) is 25.0 Å². The Hall–Kier alpha value is -2.38. The number of rotatable bonds is 7. The summed E-state index contributed by atoms with van der Waals surface area (Å²) in [4.78, 5) is 12.3. The summed E-state index contributed by atoms with van der Waals surface area (Å²) in [6.07, 6.45) is 2.92. The van der Waals surface area contributed by atoms with Gasteiger partial charge >= 0.3 is 0 Å². The first kappa shape index (κ1) is 19.4. The molecule has 0 saturated carbocycles. The molecule has 0 spiro atoms. The number of carbonyl (C=O) groups is 1. The Balaban J connectivity index is 1.50. The molecule has 0 aliphatic carbocycles. The summed E-state index contributed by atoms with van der Waals surface area (Å²) in [5, 5.41) is 5.88. The van der Waals surface area contributed by atoms with Crippen LogP contribution in [0.25, 0.3) is 0 Å². The van der Waals surface area contributed by atoms with Crippen molar-refractivity contribution in [1.82, 2.24) is 9.62 Å². The largest absolute Gasteiger partial charge is 0.376 e. The number of nitrogens with one attached hydrogen (secondary N) is 2. The fourth-order valence-corrected chi connectivity index (χ4v) is 4.55. The lowest BCUT2D eigenvalue weighted by Gasteiger charge is -2.25. The van der Waals surface area contributed by atoms with Gasteiger partial charge in [0.05, 0.1) is 11.4 Å². The highest BCUT2D eigenvalue weighted by Gasteiger charge is 2.25. The molecule has 1 fully saturated rings. The minimum atomic E-state index is -3.41. The summed E-state index contributed by atoms with van der Waals surface area (Å²) in [6, 6.07) is 16.3. The number of anilines is 1. The molecule has 1 amide bonds. The Morgan fingerprint density at radius 3 is 2.26 bits per heavy atom. The van der Waals surface area contributed by atoms with Crippen LogP contribution in [0.1, 0.15) is 24.8 Å². The van der Waals surface area contributed by atoms with Crippen LogP contribution in [0, 0.1) is 0 Å². The molecule has 0 unspecified atom stereocenters. The van der Waals surface area contributed by atoms with Crippen LogP contribution >= 0.6 is 0 Å². The van der Waals surface area contributed by atoms with Gasteiger partial charge in [0, 0.05) is 25.3 Å². The van der Waals surface area contributed by atoms with Gasteiger partial charge in [-0.25, -0.2) is 8.42 Å². The van der Waals surface area contributed by atoms with Gasteiger partial charge in [-0.15, -0.1) is 0 Å². The lowest BCUT2D eigenvalue weighted by atomic mass is 10.2. The average Bonchev–Trinajstić information content (AvgIpc) is 2.72. The van der Waals surface area contributed by atoms with Gasteiger partial charge in [0.2, 0.25) is 15.9 Å². The number of benzene rings is 2. The summed E-state index contributed by atoms with van der Waals surface area (Å²) in [5.41, 5.74) is 1.75. The van der Waals surface area contributed by atoms with E-state index in [2.05, 4.69) is 10.6 Å². The second-order valence-electron chi connectivity index (χ2n) is 6.61. The van der Waals surface area contributed by atoms with Crippen LogP contribution in [0.2, 0.25) is 0 Å². The molecule has 2 aromatic rings. The standard InChI is InChI=1S/C20H25N3O3S/c24-20(16-21-18-7-3-1-4-8-18)22-15-17-9-11-19(12-10-17)27(25,26)23-13-5-2-6-14-23/h1,3-4,7-12,21H,2,5-6,13-16H2,(H,22,24). The number of hydrogen-bond donors (Lipinski definition) is 2. The molecule has 27 heavy (non-hydrogen) atoms. The number of amides is 1. The van der Waals surface area contributed by atoms with Crippen molar-refractivity contribution in [3.63, 3.8) is 0 Å². The number of nitrogens with zero attached hydrogens (tertiary/aromatic N) is 1. The van der Waals surface area contributed by atoms with Gasteiger partial charge in [-0.2, -0.15) is 4.31 Å². The Labute approximate surface area is 160 Å². The minimum absolute atomic E-state index is 0.121. The molecule has 1 aliphatic heterocycles. The van der Waals surface area contributed by atoms with Crippen molar-refractivity contribution in [2.24, 2.45) is 0 Å². The normalized spacial score (nSPS) is 15.3. The maximum Gasteiger partial charge on any atom is 0.243 e. The molecule has 0 radical (unpaired) electrons. The predicted octanol–water partition coefficient (Wildman–Crippen LogP) is 2.59. The summed E-state index contributed by atoms with van der Waals surface area (Å²) >= 11 is 0. The smallest absolute Gasteiger partial charge is 0.243 e. The van der Waals surface area contributed by atoms with E-state index in [0.717, 1.165) is 30.5 Å². The molecule has 7 heteroatoms. The van der Waals surface area contributed by atoms with Crippen LogP contribution < -0.4 is 10.6 Å². The number of piperidine rings is 1. The first-order chi connectivity index (χ1) is 13.1. The summed E-state index contributed by atoms with van der Waals surface area (Å²) in [5.74, 6) is -0.121. The Kier molecular flexibility index (Phi) is 6.47. The fraction of sp³-hybridized carbons (Fsp3) is 0.350. The van der Waals surface area contributed by atoms with Gasteiger partial charge in [0.25, 0.3) is 0 Å². The SMILES string of the molecule is O=C(CNc1ccccc1)NCc1ccc(S(=O)(=O)N2CCCCC2)cc1. The topological polar surface area (TPSA) is 78.5 Å². The first-order valence-corrected chi connectivity index (χ1v) is 10.6. The van der Waals surface area contributed by atoms with E-state index in [-0.39, 0.29) is 12.5 Å². The monoisotopic (exact) mass is 387 g/mol. The first-order valence-electron chi connectivity index (χ1n) is 9.20. The van der Waals surface area contributed by atoms with Crippen molar-refractivity contribution >= 4 is 21.6 Å². The third-order valence-corrected chi connectivity index (χ3v) is 6.51. The lowest BCUT2D eigenvalue weighted by molar-refractivity contribution is -0.119. The van der Waals surface area contributed by atoms with Gasteiger partial charge in [-0.05, 0) is 42.7 Å². The van der Waals surface area contributed by atoms with E-state index in [0.29, 0.717) is 24.5 Å². The molecule has 0 bridgehead atoms. The number of para-hydroxylation sites is 1. The number of sulfonamides is 1. The molecule has 3 rings (SSSR count). The zero-order chi connectivity index (χ0) is 19.1. The Morgan fingerprint density at radius 1 is 0.926 bits per heavy atom. The molecule has 0 atom stereocenters. The van der Waals surface area contributed by atoms with E-state index in [4.69, 9.17) is 0 Å². The molecular formula is C20H25N3O3S. The van der Waals surface area contributed by atoms with E-state index in [9.17, 15) is 13.2 Å². The Bertz CT molecular complexity index is 846. The quantitative estimate of drug-likeness (QED) is 0.765.